The van der Waals surface area contributed by atoms with Crippen LogP contribution >= 0.6 is 0 Å². The molecule has 0 aromatic heterocycles. The minimum atomic E-state index is -0.275. The van der Waals surface area contributed by atoms with E-state index in [2.05, 4.69) is 12.2 Å². The fourth-order valence-corrected chi connectivity index (χ4v) is 2.87. The highest BCUT2D eigenvalue weighted by Gasteiger charge is 2.20. The van der Waals surface area contributed by atoms with Crippen LogP contribution in [-0.2, 0) is 17.8 Å². The Balaban J connectivity index is 2.05. The van der Waals surface area contributed by atoms with Crippen molar-refractivity contribution in [2.45, 2.75) is 39.8 Å². The molecule has 2 aromatic carbocycles. The number of likely N-dealkylation sites (N-methyl/N-ethyl adjacent to an activating group) is 1. The molecule has 0 aliphatic rings. The lowest BCUT2D eigenvalue weighted by Crippen LogP contribution is -2.39. The van der Waals surface area contributed by atoms with Gasteiger partial charge in [-0.15, -0.1) is 0 Å². The number of nitrogens with zero attached hydrogens (tertiary/aromatic N) is 1. The van der Waals surface area contributed by atoms with Gasteiger partial charge in [-0.25, -0.2) is 0 Å². The quantitative estimate of drug-likeness (QED) is 0.762. The van der Waals surface area contributed by atoms with Crippen LogP contribution in [0.3, 0.4) is 0 Å². The Morgan fingerprint density at radius 3 is 2.26 bits per heavy atom. The fourth-order valence-electron chi connectivity index (χ4n) is 2.87. The SMILES string of the molecule is CCc1ccc(NC(=O)[C@@H](C)N(C)Cc2cc(OC)c(OC)cc2C)cc1. The summed E-state index contributed by atoms with van der Waals surface area (Å²) in [6.45, 7) is 6.69. The van der Waals surface area contributed by atoms with Gasteiger partial charge in [0, 0.05) is 12.2 Å². The summed E-state index contributed by atoms with van der Waals surface area (Å²) < 4.78 is 10.7. The van der Waals surface area contributed by atoms with Crippen LogP contribution in [0.15, 0.2) is 36.4 Å². The van der Waals surface area contributed by atoms with Gasteiger partial charge in [-0.1, -0.05) is 19.1 Å². The smallest absolute Gasteiger partial charge is 0.241 e. The standard InChI is InChI=1S/C22H30N2O3/c1-7-17-8-10-19(11-9-17)23-22(25)16(3)24(4)14-18-13-21(27-6)20(26-5)12-15(18)2/h8-13,16H,7,14H2,1-6H3,(H,23,25)/t16-/m1/s1. The molecule has 5 heteroatoms. The summed E-state index contributed by atoms with van der Waals surface area (Å²) in [4.78, 5) is 14.6. The van der Waals surface area contributed by atoms with Crippen molar-refractivity contribution in [3.63, 3.8) is 0 Å². The number of amides is 1. The van der Waals surface area contributed by atoms with Gasteiger partial charge < -0.3 is 14.8 Å². The van der Waals surface area contributed by atoms with Crippen LogP contribution in [0.5, 0.6) is 11.5 Å². The van der Waals surface area contributed by atoms with Crippen LogP contribution in [0.1, 0.15) is 30.5 Å². The van der Waals surface area contributed by atoms with Crippen molar-refractivity contribution in [1.82, 2.24) is 4.90 Å². The topological polar surface area (TPSA) is 50.8 Å². The van der Waals surface area contributed by atoms with Crippen LogP contribution in [0, 0.1) is 6.92 Å². The number of methoxy groups -OCH3 is 2. The van der Waals surface area contributed by atoms with Gasteiger partial charge >= 0.3 is 0 Å². The first-order valence-corrected chi connectivity index (χ1v) is 9.21. The highest BCUT2D eigenvalue weighted by Crippen LogP contribution is 2.30. The molecule has 0 unspecified atom stereocenters. The first-order chi connectivity index (χ1) is 12.9. The number of rotatable bonds is 8. The molecule has 5 nitrogen and oxygen atoms in total. The van der Waals surface area contributed by atoms with Crippen molar-refractivity contribution in [3.8, 4) is 11.5 Å². The van der Waals surface area contributed by atoms with Crippen molar-refractivity contribution in [2.75, 3.05) is 26.6 Å². The van der Waals surface area contributed by atoms with E-state index in [0.29, 0.717) is 18.0 Å². The number of ether oxygens (including phenoxy) is 2. The van der Waals surface area contributed by atoms with Crippen molar-refractivity contribution >= 4 is 11.6 Å². The molecule has 146 valence electrons. The predicted molar refractivity (Wildman–Crippen MR) is 110 cm³/mol. The number of aryl methyl sites for hydroxylation is 2. The van der Waals surface area contributed by atoms with Gasteiger partial charge in [-0.2, -0.15) is 0 Å². The first kappa shape index (κ1) is 20.8. The van der Waals surface area contributed by atoms with E-state index in [1.165, 1.54) is 5.56 Å². The lowest BCUT2D eigenvalue weighted by Gasteiger charge is -2.25. The number of nitrogens with one attached hydrogen (secondary N) is 1. The molecule has 1 amide bonds. The number of anilines is 1. The highest BCUT2D eigenvalue weighted by molar-refractivity contribution is 5.94. The molecule has 0 aliphatic carbocycles. The Hall–Kier alpha value is -2.53. The molecular formula is C22H30N2O3. The van der Waals surface area contributed by atoms with E-state index in [4.69, 9.17) is 9.47 Å². The molecule has 0 fully saturated rings. The molecule has 0 saturated carbocycles. The van der Waals surface area contributed by atoms with Gasteiger partial charge in [0.15, 0.2) is 11.5 Å². The second-order valence-corrected chi connectivity index (χ2v) is 6.76. The molecular weight excluding hydrogens is 340 g/mol. The maximum Gasteiger partial charge on any atom is 0.241 e. The molecule has 2 rings (SSSR count). The largest absolute Gasteiger partial charge is 0.493 e. The zero-order valence-electron chi connectivity index (χ0n) is 17.1. The minimum Gasteiger partial charge on any atom is -0.493 e. The zero-order valence-corrected chi connectivity index (χ0v) is 17.1. The van der Waals surface area contributed by atoms with Crippen LogP contribution in [0.25, 0.3) is 0 Å². The highest BCUT2D eigenvalue weighted by atomic mass is 16.5. The maximum atomic E-state index is 12.6. The molecule has 0 heterocycles. The number of carbonyl (C=O) groups is 1. The molecule has 1 atom stereocenters. The Morgan fingerprint density at radius 2 is 1.70 bits per heavy atom. The molecule has 0 spiro atoms. The zero-order chi connectivity index (χ0) is 20.0. The Kier molecular flexibility index (Phi) is 7.25. The number of benzene rings is 2. The second-order valence-electron chi connectivity index (χ2n) is 6.76. The third-order valence-electron chi connectivity index (χ3n) is 4.93. The normalized spacial score (nSPS) is 12.0. The van der Waals surface area contributed by atoms with E-state index >= 15 is 0 Å². The number of carbonyl (C=O) groups excluding carboxylic acids is 1. The molecule has 1 N–H and O–H groups in total. The first-order valence-electron chi connectivity index (χ1n) is 9.21. The van der Waals surface area contributed by atoms with E-state index in [-0.39, 0.29) is 11.9 Å². The average molecular weight is 370 g/mol. The molecule has 27 heavy (non-hydrogen) atoms. The van der Waals surface area contributed by atoms with Crippen molar-refractivity contribution in [2.24, 2.45) is 0 Å². The van der Waals surface area contributed by atoms with Crippen LogP contribution < -0.4 is 14.8 Å². The van der Waals surface area contributed by atoms with Crippen molar-refractivity contribution in [3.05, 3.63) is 53.1 Å². The summed E-state index contributed by atoms with van der Waals surface area (Å²) in [5, 5.41) is 2.99. The maximum absolute atomic E-state index is 12.6. The third-order valence-corrected chi connectivity index (χ3v) is 4.93. The van der Waals surface area contributed by atoms with E-state index < -0.39 is 0 Å². The molecule has 0 saturated heterocycles. The predicted octanol–water partition coefficient (Wildman–Crippen LogP) is 4.03. The Labute approximate surface area is 162 Å². The second kappa shape index (κ2) is 9.42. The van der Waals surface area contributed by atoms with Crippen LogP contribution in [0.4, 0.5) is 5.69 Å². The molecule has 0 aliphatic heterocycles. The van der Waals surface area contributed by atoms with E-state index in [1.807, 2.05) is 62.2 Å². The summed E-state index contributed by atoms with van der Waals surface area (Å²) in [5.74, 6) is 1.38. The lowest BCUT2D eigenvalue weighted by atomic mass is 10.1. The van der Waals surface area contributed by atoms with Crippen molar-refractivity contribution in [1.29, 1.82) is 0 Å². The molecule has 0 radical (unpaired) electrons. The number of hydrogen-bond acceptors (Lipinski definition) is 4. The number of hydrogen-bond donors (Lipinski definition) is 1. The van der Waals surface area contributed by atoms with Gasteiger partial charge in [0.25, 0.3) is 0 Å². The summed E-state index contributed by atoms with van der Waals surface area (Å²) in [7, 11) is 5.20. The molecule has 2 aromatic rings. The third kappa shape index (κ3) is 5.23. The Bertz CT molecular complexity index is 772. The minimum absolute atomic E-state index is 0.0279. The van der Waals surface area contributed by atoms with Crippen molar-refractivity contribution < 1.29 is 14.3 Å². The van der Waals surface area contributed by atoms with Gasteiger partial charge in [-0.05, 0) is 68.3 Å². The van der Waals surface area contributed by atoms with Gasteiger partial charge in [0.1, 0.15) is 0 Å². The van der Waals surface area contributed by atoms with Crippen LogP contribution in [0.2, 0.25) is 0 Å². The van der Waals surface area contributed by atoms with E-state index in [0.717, 1.165) is 23.2 Å². The lowest BCUT2D eigenvalue weighted by molar-refractivity contribution is -0.120. The van der Waals surface area contributed by atoms with Gasteiger partial charge in [0.05, 0.1) is 20.3 Å². The van der Waals surface area contributed by atoms with E-state index in [9.17, 15) is 4.79 Å². The molecule has 0 bridgehead atoms. The Morgan fingerprint density at radius 1 is 1.11 bits per heavy atom. The average Bonchev–Trinajstić information content (AvgIpc) is 2.68. The summed E-state index contributed by atoms with van der Waals surface area (Å²) in [6, 6.07) is 11.6. The van der Waals surface area contributed by atoms with Gasteiger partial charge in [-0.3, -0.25) is 9.69 Å². The summed E-state index contributed by atoms with van der Waals surface area (Å²) in [6.07, 6.45) is 0.984. The monoisotopic (exact) mass is 370 g/mol. The summed E-state index contributed by atoms with van der Waals surface area (Å²) in [5.41, 5.74) is 4.27. The summed E-state index contributed by atoms with van der Waals surface area (Å²) >= 11 is 0. The van der Waals surface area contributed by atoms with E-state index in [1.54, 1.807) is 14.2 Å². The van der Waals surface area contributed by atoms with Gasteiger partial charge in [0.2, 0.25) is 5.91 Å². The fraction of sp³-hybridized carbons (Fsp3) is 0.409. The van der Waals surface area contributed by atoms with Crippen LogP contribution in [-0.4, -0.2) is 38.1 Å².